The molecule has 12 heavy (non-hydrogen) atoms. The fraction of sp³-hybridized carbons (Fsp3) is 0.889. The number of hydrogen-bond donors (Lipinski definition) is 1. The lowest BCUT2D eigenvalue weighted by Crippen LogP contribution is -2.23. The zero-order valence-corrected chi connectivity index (χ0v) is 7.97. The molecule has 0 rings (SSSR count). The Morgan fingerprint density at radius 1 is 1.50 bits per heavy atom. The Balaban J connectivity index is 3.04. The summed E-state index contributed by atoms with van der Waals surface area (Å²) in [6, 6.07) is 2.11. The van der Waals surface area contributed by atoms with E-state index in [4.69, 9.17) is 10.00 Å². The van der Waals surface area contributed by atoms with Crippen LogP contribution < -0.4 is 5.32 Å². The SMILES string of the molecule is CNCC(C)OCCCCC#N. The molecule has 3 heteroatoms. The molecule has 0 aromatic heterocycles. The minimum absolute atomic E-state index is 0.275. The van der Waals surface area contributed by atoms with Gasteiger partial charge in [-0.25, -0.2) is 0 Å². The van der Waals surface area contributed by atoms with Crippen LogP contribution in [0.5, 0.6) is 0 Å². The molecule has 0 fully saturated rings. The zero-order valence-electron chi connectivity index (χ0n) is 7.97. The van der Waals surface area contributed by atoms with E-state index in [1.807, 2.05) is 14.0 Å². The summed E-state index contributed by atoms with van der Waals surface area (Å²) in [7, 11) is 1.91. The van der Waals surface area contributed by atoms with E-state index in [1.54, 1.807) is 0 Å². The molecule has 0 radical (unpaired) electrons. The first kappa shape index (κ1) is 11.4. The van der Waals surface area contributed by atoms with Gasteiger partial charge in [-0.05, 0) is 26.8 Å². The van der Waals surface area contributed by atoms with Gasteiger partial charge >= 0.3 is 0 Å². The van der Waals surface area contributed by atoms with Crippen molar-refractivity contribution in [2.24, 2.45) is 0 Å². The van der Waals surface area contributed by atoms with Crippen LogP contribution in [-0.4, -0.2) is 26.3 Å². The number of rotatable bonds is 7. The first-order valence-electron chi connectivity index (χ1n) is 4.44. The predicted octanol–water partition coefficient (Wildman–Crippen LogP) is 1.30. The number of likely N-dealkylation sites (N-methyl/N-ethyl adjacent to an activating group) is 1. The maximum absolute atomic E-state index is 8.26. The Hall–Kier alpha value is -0.590. The van der Waals surface area contributed by atoms with Crippen molar-refractivity contribution in [1.82, 2.24) is 5.32 Å². The number of ether oxygens (including phenoxy) is 1. The lowest BCUT2D eigenvalue weighted by atomic mass is 10.2. The monoisotopic (exact) mass is 170 g/mol. The van der Waals surface area contributed by atoms with E-state index in [0.717, 1.165) is 26.0 Å². The zero-order chi connectivity index (χ0) is 9.23. The number of nitriles is 1. The molecule has 0 aliphatic rings. The molecule has 70 valence electrons. The second-order valence-corrected chi connectivity index (χ2v) is 2.85. The predicted molar refractivity (Wildman–Crippen MR) is 48.8 cm³/mol. The average molecular weight is 170 g/mol. The molecule has 1 unspecified atom stereocenters. The molecular weight excluding hydrogens is 152 g/mol. The number of nitrogens with one attached hydrogen (secondary N) is 1. The van der Waals surface area contributed by atoms with Crippen LogP contribution in [-0.2, 0) is 4.74 Å². The van der Waals surface area contributed by atoms with E-state index in [1.165, 1.54) is 0 Å². The van der Waals surface area contributed by atoms with Gasteiger partial charge < -0.3 is 10.1 Å². The summed E-state index contributed by atoms with van der Waals surface area (Å²) in [5.74, 6) is 0. The van der Waals surface area contributed by atoms with Gasteiger partial charge in [-0.3, -0.25) is 0 Å². The van der Waals surface area contributed by atoms with Crippen LogP contribution >= 0.6 is 0 Å². The van der Waals surface area contributed by atoms with Gasteiger partial charge in [0.15, 0.2) is 0 Å². The van der Waals surface area contributed by atoms with Crippen LogP contribution in [0.1, 0.15) is 26.2 Å². The highest BCUT2D eigenvalue weighted by atomic mass is 16.5. The van der Waals surface area contributed by atoms with Crippen molar-refractivity contribution in [3.8, 4) is 6.07 Å². The molecule has 0 bridgehead atoms. The second kappa shape index (κ2) is 8.51. The molecule has 0 heterocycles. The highest BCUT2D eigenvalue weighted by Crippen LogP contribution is 1.96. The van der Waals surface area contributed by atoms with Crippen molar-refractivity contribution in [2.45, 2.75) is 32.3 Å². The minimum Gasteiger partial charge on any atom is -0.377 e. The third kappa shape index (κ3) is 7.52. The van der Waals surface area contributed by atoms with Crippen LogP contribution in [0.15, 0.2) is 0 Å². The Labute approximate surface area is 74.7 Å². The van der Waals surface area contributed by atoms with Gasteiger partial charge in [-0.2, -0.15) is 5.26 Å². The van der Waals surface area contributed by atoms with Crippen molar-refractivity contribution < 1.29 is 4.74 Å². The van der Waals surface area contributed by atoms with Gasteiger partial charge in [0, 0.05) is 19.6 Å². The van der Waals surface area contributed by atoms with Crippen molar-refractivity contribution in [3.63, 3.8) is 0 Å². The Kier molecular flexibility index (Phi) is 8.09. The Morgan fingerprint density at radius 2 is 2.25 bits per heavy atom. The molecule has 0 aliphatic heterocycles. The van der Waals surface area contributed by atoms with E-state index in [9.17, 15) is 0 Å². The van der Waals surface area contributed by atoms with Crippen LogP contribution in [0.3, 0.4) is 0 Å². The summed E-state index contributed by atoms with van der Waals surface area (Å²) < 4.78 is 5.46. The molecule has 3 nitrogen and oxygen atoms in total. The molecular formula is C9H18N2O. The third-order valence-corrected chi connectivity index (χ3v) is 1.58. The Bertz CT molecular complexity index is 131. The number of nitrogens with zero attached hydrogens (tertiary/aromatic N) is 1. The third-order valence-electron chi connectivity index (χ3n) is 1.58. The normalized spacial score (nSPS) is 12.4. The summed E-state index contributed by atoms with van der Waals surface area (Å²) in [6.45, 7) is 3.70. The van der Waals surface area contributed by atoms with E-state index < -0.39 is 0 Å². The lowest BCUT2D eigenvalue weighted by molar-refractivity contribution is 0.0648. The molecule has 0 aliphatic carbocycles. The van der Waals surface area contributed by atoms with E-state index in [2.05, 4.69) is 11.4 Å². The molecule has 0 amide bonds. The van der Waals surface area contributed by atoms with Crippen molar-refractivity contribution in [2.75, 3.05) is 20.2 Å². The van der Waals surface area contributed by atoms with Crippen LogP contribution in [0.4, 0.5) is 0 Å². The minimum atomic E-state index is 0.275. The summed E-state index contributed by atoms with van der Waals surface area (Å²) in [5.41, 5.74) is 0. The van der Waals surface area contributed by atoms with Crippen LogP contribution in [0.25, 0.3) is 0 Å². The van der Waals surface area contributed by atoms with Crippen molar-refractivity contribution in [3.05, 3.63) is 0 Å². The fourth-order valence-electron chi connectivity index (χ4n) is 0.937. The molecule has 1 atom stereocenters. The van der Waals surface area contributed by atoms with Gasteiger partial charge in [0.1, 0.15) is 0 Å². The van der Waals surface area contributed by atoms with Crippen LogP contribution in [0.2, 0.25) is 0 Å². The summed E-state index contributed by atoms with van der Waals surface area (Å²) in [5, 5.41) is 11.3. The molecule has 0 spiro atoms. The average Bonchev–Trinajstić information content (AvgIpc) is 2.05. The quantitative estimate of drug-likeness (QED) is 0.586. The topological polar surface area (TPSA) is 45.0 Å². The van der Waals surface area contributed by atoms with Gasteiger partial charge in [0.2, 0.25) is 0 Å². The standard InChI is InChI=1S/C9H18N2O/c1-9(8-11-2)12-7-5-3-4-6-10/h9,11H,3-5,7-8H2,1-2H3. The summed E-state index contributed by atoms with van der Waals surface area (Å²) >= 11 is 0. The molecule has 0 saturated carbocycles. The maximum atomic E-state index is 8.26. The Morgan fingerprint density at radius 3 is 2.83 bits per heavy atom. The van der Waals surface area contributed by atoms with E-state index in [-0.39, 0.29) is 6.10 Å². The maximum Gasteiger partial charge on any atom is 0.0671 e. The van der Waals surface area contributed by atoms with Crippen molar-refractivity contribution >= 4 is 0 Å². The van der Waals surface area contributed by atoms with Crippen molar-refractivity contribution in [1.29, 1.82) is 5.26 Å². The van der Waals surface area contributed by atoms with Gasteiger partial charge in [-0.15, -0.1) is 0 Å². The number of hydrogen-bond acceptors (Lipinski definition) is 3. The molecule has 0 aromatic rings. The molecule has 0 saturated heterocycles. The van der Waals surface area contributed by atoms with E-state index >= 15 is 0 Å². The van der Waals surface area contributed by atoms with E-state index in [0.29, 0.717) is 6.42 Å². The fourth-order valence-corrected chi connectivity index (χ4v) is 0.937. The van der Waals surface area contributed by atoms with Gasteiger partial charge in [0.25, 0.3) is 0 Å². The first-order chi connectivity index (χ1) is 5.81. The van der Waals surface area contributed by atoms with Gasteiger partial charge in [-0.1, -0.05) is 0 Å². The summed E-state index contributed by atoms with van der Waals surface area (Å²) in [4.78, 5) is 0. The number of unbranched alkanes of at least 4 members (excludes halogenated alkanes) is 2. The lowest BCUT2D eigenvalue weighted by Gasteiger charge is -2.11. The summed E-state index contributed by atoms with van der Waals surface area (Å²) in [6.07, 6.45) is 2.85. The van der Waals surface area contributed by atoms with Crippen LogP contribution in [0, 0.1) is 11.3 Å². The smallest absolute Gasteiger partial charge is 0.0671 e. The molecule has 0 aromatic carbocycles. The largest absolute Gasteiger partial charge is 0.377 e. The highest BCUT2D eigenvalue weighted by Gasteiger charge is 1.98. The van der Waals surface area contributed by atoms with Gasteiger partial charge in [0.05, 0.1) is 12.2 Å². The molecule has 1 N–H and O–H groups in total. The first-order valence-corrected chi connectivity index (χ1v) is 4.44. The second-order valence-electron chi connectivity index (χ2n) is 2.85. The highest BCUT2D eigenvalue weighted by molar-refractivity contribution is 4.67.